The number of carbonyl (C=O) groups excluding carboxylic acids is 2. The van der Waals surface area contributed by atoms with Crippen molar-refractivity contribution < 1.29 is 28.2 Å². The van der Waals surface area contributed by atoms with Gasteiger partial charge in [0.1, 0.15) is 5.82 Å². The zero-order valence-electron chi connectivity index (χ0n) is 18.3. The van der Waals surface area contributed by atoms with E-state index in [1.54, 1.807) is 31.3 Å². The van der Waals surface area contributed by atoms with Crippen molar-refractivity contribution in [2.75, 3.05) is 27.9 Å². The third kappa shape index (κ3) is 4.98. The normalized spacial score (nSPS) is 16.3. The van der Waals surface area contributed by atoms with E-state index in [-0.39, 0.29) is 30.5 Å². The number of benzene rings is 2. The molecule has 7 heteroatoms. The first kappa shape index (κ1) is 22.6. The van der Waals surface area contributed by atoms with Gasteiger partial charge in [-0.25, -0.2) is 4.39 Å². The molecule has 6 nitrogen and oxygen atoms in total. The number of carbonyl (C=O) groups is 2. The van der Waals surface area contributed by atoms with Gasteiger partial charge in [0.05, 0.1) is 33.8 Å². The summed E-state index contributed by atoms with van der Waals surface area (Å²) >= 11 is 0. The molecule has 0 saturated heterocycles. The van der Waals surface area contributed by atoms with Crippen LogP contribution in [0.2, 0.25) is 0 Å². The number of nitrogens with zero attached hydrogens (tertiary/aromatic N) is 1. The molecule has 2 aromatic rings. The van der Waals surface area contributed by atoms with E-state index in [2.05, 4.69) is 0 Å². The lowest BCUT2D eigenvalue weighted by atomic mass is 9.88. The van der Waals surface area contributed by atoms with Crippen LogP contribution in [0.1, 0.15) is 48.4 Å². The van der Waals surface area contributed by atoms with Crippen LogP contribution in [0.3, 0.4) is 0 Å². The third-order valence-corrected chi connectivity index (χ3v) is 5.83. The maximum atomic E-state index is 13.3. The maximum absolute atomic E-state index is 13.3. The summed E-state index contributed by atoms with van der Waals surface area (Å²) in [6.45, 7) is 2.42. The molecule has 0 bridgehead atoms. The van der Waals surface area contributed by atoms with Crippen LogP contribution in [-0.4, -0.2) is 44.7 Å². The van der Waals surface area contributed by atoms with Crippen LogP contribution in [0.5, 0.6) is 11.5 Å². The third-order valence-electron chi connectivity index (χ3n) is 5.83. The van der Waals surface area contributed by atoms with Crippen molar-refractivity contribution in [3.05, 3.63) is 58.9 Å². The Hall–Kier alpha value is -3.09. The summed E-state index contributed by atoms with van der Waals surface area (Å²) in [6, 6.07) is 9.47. The molecule has 2 atom stereocenters. The molecular formula is C24H28FNO5. The van der Waals surface area contributed by atoms with E-state index < -0.39 is 12.0 Å². The van der Waals surface area contributed by atoms with Crippen molar-refractivity contribution in [1.82, 2.24) is 4.90 Å². The van der Waals surface area contributed by atoms with Gasteiger partial charge in [-0.1, -0.05) is 19.1 Å². The van der Waals surface area contributed by atoms with Gasteiger partial charge in [0.25, 0.3) is 0 Å². The number of halogens is 1. The van der Waals surface area contributed by atoms with Gasteiger partial charge in [-0.3, -0.25) is 9.59 Å². The van der Waals surface area contributed by atoms with Crippen LogP contribution in [0.15, 0.2) is 36.4 Å². The average molecular weight is 429 g/mol. The molecule has 0 fully saturated rings. The number of esters is 1. The molecule has 0 N–H and O–H groups in total. The highest BCUT2D eigenvalue weighted by atomic mass is 19.1. The molecule has 31 heavy (non-hydrogen) atoms. The van der Waals surface area contributed by atoms with E-state index in [1.807, 2.05) is 19.1 Å². The minimum absolute atomic E-state index is 0.0512. The zero-order valence-corrected chi connectivity index (χ0v) is 18.3. The predicted molar refractivity (Wildman–Crippen MR) is 114 cm³/mol. The Bertz CT molecular complexity index is 944. The van der Waals surface area contributed by atoms with Crippen LogP contribution >= 0.6 is 0 Å². The van der Waals surface area contributed by atoms with E-state index in [1.165, 1.54) is 19.2 Å². The van der Waals surface area contributed by atoms with Gasteiger partial charge in [0.2, 0.25) is 5.91 Å². The zero-order chi connectivity index (χ0) is 22.5. The Balaban J connectivity index is 1.89. The maximum Gasteiger partial charge on any atom is 0.307 e. The first-order valence-corrected chi connectivity index (χ1v) is 10.2. The Morgan fingerprint density at radius 1 is 1.10 bits per heavy atom. The van der Waals surface area contributed by atoms with Crippen molar-refractivity contribution in [1.29, 1.82) is 0 Å². The second-order valence-electron chi connectivity index (χ2n) is 7.70. The van der Waals surface area contributed by atoms with E-state index in [9.17, 15) is 14.0 Å². The summed E-state index contributed by atoms with van der Waals surface area (Å²) in [7, 11) is 4.46. The van der Waals surface area contributed by atoms with Gasteiger partial charge in [-0.05, 0) is 53.3 Å². The smallest absolute Gasteiger partial charge is 0.307 e. The molecular weight excluding hydrogens is 401 g/mol. The molecule has 1 amide bonds. The van der Waals surface area contributed by atoms with E-state index >= 15 is 0 Å². The fourth-order valence-corrected chi connectivity index (χ4v) is 4.08. The van der Waals surface area contributed by atoms with Gasteiger partial charge >= 0.3 is 5.97 Å². The van der Waals surface area contributed by atoms with Gasteiger partial charge in [-0.2, -0.15) is 0 Å². The molecule has 0 aromatic heterocycles. The van der Waals surface area contributed by atoms with E-state index in [0.717, 1.165) is 16.7 Å². The number of fused-ring (bicyclic) bond motifs is 1. The van der Waals surface area contributed by atoms with Crippen LogP contribution in [0.4, 0.5) is 4.39 Å². The molecule has 166 valence electrons. The first-order valence-electron chi connectivity index (χ1n) is 10.2. The summed E-state index contributed by atoms with van der Waals surface area (Å²) < 4.78 is 29.0. The molecule has 2 aromatic carbocycles. The fraction of sp³-hybridized carbons (Fsp3) is 0.417. The Kier molecular flexibility index (Phi) is 7.15. The number of rotatable bonds is 7. The summed E-state index contributed by atoms with van der Waals surface area (Å²) in [4.78, 5) is 27.2. The SMILES string of the molecule is COC(=O)CC1c2cc(OC)c(OC)cc2CCN1C(=O)CC(C)c1ccc(F)cc1. The Labute approximate surface area is 181 Å². The number of amides is 1. The molecule has 0 aliphatic carbocycles. The molecule has 1 heterocycles. The minimum Gasteiger partial charge on any atom is -0.493 e. The van der Waals surface area contributed by atoms with Crippen LogP contribution in [-0.2, 0) is 20.7 Å². The van der Waals surface area contributed by atoms with Crippen molar-refractivity contribution in [2.45, 2.75) is 38.1 Å². The lowest BCUT2D eigenvalue weighted by Gasteiger charge is -2.38. The monoisotopic (exact) mass is 429 g/mol. The average Bonchev–Trinajstić information content (AvgIpc) is 2.78. The fourth-order valence-electron chi connectivity index (χ4n) is 4.08. The molecule has 3 rings (SSSR count). The Morgan fingerprint density at radius 2 is 1.74 bits per heavy atom. The lowest BCUT2D eigenvalue weighted by Crippen LogP contribution is -2.41. The van der Waals surface area contributed by atoms with Crippen LogP contribution in [0, 0.1) is 5.82 Å². The summed E-state index contributed by atoms with van der Waals surface area (Å²) in [6.07, 6.45) is 0.950. The highest BCUT2D eigenvalue weighted by Gasteiger charge is 2.34. The molecule has 1 aliphatic rings. The van der Waals surface area contributed by atoms with E-state index in [4.69, 9.17) is 14.2 Å². The van der Waals surface area contributed by atoms with Crippen molar-refractivity contribution in [3.8, 4) is 11.5 Å². The molecule has 0 radical (unpaired) electrons. The standard InChI is InChI=1S/C24H28FNO5/c1-15(16-5-7-18(25)8-6-16)11-23(27)26-10-9-17-12-21(29-2)22(30-3)13-19(17)20(26)14-24(28)31-4/h5-8,12-13,15,20H,9-11,14H2,1-4H3. The second kappa shape index (κ2) is 9.81. The number of hydrogen-bond acceptors (Lipinski definition) is 5. The van der Waals surface area contributed by atoms with Crippen LogP contribution < -0.4 is 9.47 Å². The largest absolute Gasteiger partial charge is 0.493 e. The van der Waals surface area contributed by atoms with Crippen molar-refractivity contribution >= 4 is 11.9 Å². The highest BCUT2D eigenvalue weighted by Crippen LogP contribution is 2.40. The first-order chi connectivity index (χ1) is 14.9. The molecule has 0 saturated carbocycles. The minimum atomic E-state index is -0.455. The topological polar surface area (TPSA) is 65.1 Å². The van der Waals surface area contributed by atoms with Crippen molar-refractivity contribution in [3.63, 3.8) is 0 Å². The number of hydrogen-bond donors (Lipinski definition) is 0. The van der Waals surface area contributed by atoms with E-state index in [0.29, 0.717) is 24.5 Å². The van der Waals surface area contributed by atoms with Gasteiger partial charge < -0.3 is 19.1 Å². The summed E-state index contributed by atoms with van der Waals surface area (Å²) in [5, 5.41) is 0. The Morgan fingerprint density at radius 3 is 2.35 bits per heavy atom. The second-order valence-corrected chi connectivity index (χ2v) is 7.70. The number of ether oxygens (including phenoxy) is 3. The van der Waals surface area contributed by atoms with Crippen molar-refractivity contribution in [2.24, 2.45) is 0 Å². The molecule has 2 unspecified atom stereocenters. The number of methoxy groups -OCH3 is 3. The lowest BCUT2D eigenvalue weighted by molar-refractivity contribution is -0.144. The van der Waals surface area contributed by atoms with Crippen LogP contribution in [0.25, 0.3) is 0 Å². The quantitative estimate of drug-likeness (QED) is 0.622. The van der Waals surface area contributed by atoms with Gasteiger partial charge in [-0.15, -0.1) is 0 Å². The molecule has 1 aliphatic heterocycles. The van der Waals surface area contributed by atoms with Gasteiger partial charge in [0.15, 0.2) is 11.5 Å². The van der Waals surface area contributed by atoms with Gasteiger partial charge in [0, 0.05) is 13.0 Å². The summed E-state index contributed by atoms with van der Waals surface area (Å²) in [5.74, 6) is 0.312. The predicted octanol–water partition coefficient (Wildman–Crippen LogP) is 4.03. The highest BCUT2D eigenvalue weighted by molar-refractivity contribution is 5.80. The summed E-state index contributed by atoms with van der Waals surface area (Å²) in [5.41, 5.74) is 2.77. The molecule has 0 spiro atoms.